The number of rotatable bonds is 6. The van der Waals surface area contributed by atoms with Gasteiger partial charge < -0.3 is 9.64 Å². The van der Waals surface area contributed by atoms with Crippen LogP contribution in [0.2, 0.25) is 0 Å². The van der Waals surface area contributed by atoms with E-state index in [1.165, 1.54) is 0 Å². The number of piperidine rings is 1. The molecule has 0 spiro atoms. The van der Waals surface area contributed by atoms with E-state index in [1.807, 2.05) is 49.4 Å². The largest absolute Gasteiger partial charge is 0.457 e. The van der Waals surface area contributed by atoms with E-state index in [0.717, 1.165) is 61.1 Å². The molecule has 2 aromatic carbocycles. The van der Waals surface area contributed by atoms with Crippen LogP contribution < -0.4 is 4.74 Å². The fourth-order valence-electron chi connectivity index (χ4n) is 4.43. The van der Waals surface area contributed by atoms with Crippen LogP contribution in [0, 0.1) is 6.92 Å². The van der Waals surface area contributed by atoms with Crippen molar-refractivity contribution >= 4 is 5.91 Å². The molecule has 1 atom stereocenters. The summed E-state index contributed by atoms with van der Waals surface area (Å²) in [5.41, 5.74) is 2.22. The Balaban J connectivity index is 1.55. The van der Waals surface area contributed by atoms with Gasteiger partial charge in [0, 0.05) is 43.9 Å². The van der Waals surface area contributed by atoms with Crippen molar-refractivity contribution < 1.29 is 9.53 Å². The Morgan fingerprint density at radius 1 is 1.09 bits per heavy atom. The first-order valence-electron chi connectivity index (χ1n) is 11.4. The molecule has 4 rings (SSSR count). The van der Waals surface area contributed by atoms with E-state index in [-0.39, 0.29) is 11.3 Å². The fraction of sp³-hybridized carbons (Fsp3) is 0.370. The smallest absolute Gasteiger partial charge is 0.272 e. The number of aryl methyl sites for hydroxylation is 1. The minimum absolute atomic E-state index is 0.0926. The van der Waals surface area contributed by atoms with Gasteiger partial charge in [0.25, 0.3) is 5.91 Å². The summed E-state index contributed by atoms with van der Waals surface area (Å²) >= 11 is 0. The average molecular weight is 445 g/mol. The van der Waals surface area contributed by atoms with E-state index in [0.29, 0.717) is 5.69 Å². The van der Waals surface area contributed by atoms with Crippen LogP contribution in [-0.4, -0.2) is 52.9 Å². The molecule has 0 radical (unpaired) electrons. The summed E-state index contributed by atoms with van der Waals surface area (Å²) in [6, 6.07) is 19.9. The Hall–Kier alpha value is -3.25. The Bertz CT molecular complexity index is 1120. The number of aromatic nitrogens is 2. The van der Waals surface area contributed by atoms with Crippen molar-refractivity contribution in [1.29, 1.82) is 0 Å². The molecule has 0 bridgehead atoms. The highest BCUT2D eigenvalue weighted by molar-refractivity contribution is 5.92. The molecule has 0 N–H and O–H groups in total. The predicted octanol–water partition coefficient (Wildman–Crippen LogP) is 4.83. The number of benzene rings is 2. The Kier molecular flexibility index (Phi) is 6.75. The molecule has 2 heterocycles. The first-order valence-corrected chi connectivity index (χ1v) is 11.4. The molecular formula is C27H32N4O2. The summed E-state index contributed by atoms with van der Waals surface area (Å²) in [6.45, 7) is 6.76. The van der Waals surface area contributed by atoms with Crippen molar-refractivity contribution in [2.75, 3.05) is 27.2 Å². The highest BCUT2D eigenvalue weighted by atomic mass is 16.5. The summed E-state index contributed by atoms with van der Waals surface area (Å²) in [5.74, 6) is 2.37. The number of carbonyl (C=O) groups is 1. The summed E-state index contributed by atoms with van der Waals surface area (Å²) in [6.07, 6.45) is 2.04. The summed E-state index contributed by atoms with van der Waals surface area (Å²) in [5, 5.41) is 0. The van der Waals surface area contributed by atoms with Crippen LogP contribution in [0.15, 0.2) is 60.7 Å². The molecule has 0 aliphatic carbocycles. The van der Waals surface area contributed by atoms with Crippen molar-refractivity contribution in [3.8, 4) is 11.5 Å². The van der Waals surface area contributed by atoms with E-state index < -0.39 is 0 Å². The topological polar surface area (TPSA) is 58.6 Å². The normalized spacial score (nSPS) is 18.7. The predicted molar refractivity (Wildman–Crippen MR) is 130 cm³/mol. The zero-order chi connectivity index (χ0) is 23.4. The molecule has 1 unspecified atom stereocenters. The van der Waals surface area contributed by atoms with Gasteiger partial charge >= 0.3 is 0 Å². The summed E-state index contributed by atoms with van der Waals surface area (Å²) < 4.78 is 6.17. The molecule has 0 saturated carbocycles. The molecule has 1 fully saturated rings. The molecule has 1 aromatic heterocycles. The number of hydrogen-bond donors (Lipinski definition) is 0. The van der Waals surface area contributed by atoms with Crippen molar-refractivity contribution in [2.24, 2.45) is 0 Å². The number of amides is 1. The standard InChI is InChI=1S/C27H32N4O2/c1-20-17-23(25(32)30(3)4)29-26(28-20)27(2)15-10-16-31(19-27)18-21-11-8-9-14-24(21)33-22-12-6-5-7-13-22/h5-9,11-14,17H,10,15-16,18-19H2,1-4H3. The number of hydrogen-bond acceptors (Lipinski definition) is 5. The molecule has 1 aliphatic rings. The maximum atomic E-state index is 12.5. The van der Waals surface area contributed by atoms with Gasteiger partial charge in [0.05, 0.1) is 0 Å². The van der Waals surface area contributed by atoms with Crippen LogP contribution in [0.4, 0.5) is 0 Å². The Morgan fingerprint density at radius 3 is 2.58 bits per heavy atom. The number of para-hydroxylation sites is 2. The van der Waals surface area contributed by atoms with Crippen LogP contribution in [0.5, 0.6) is 11.5 Å². The van der Waals surface area contributed by atoms with Crippen LogP contribution in [0.25, 0.3) is 0 Å². The Morgan fingerprint density at radius 2 is 1.82 bits per heavy atom. The van der Waals surface area contributed by atoms with E-state index in [2.05, 4.69) is 24.0 Å². The first-order chi connectivity index (χ1) is 15.8. The molecule has 1 saturated heterocycles. The molecule has 33 heavy (non-hydrogen) atoms. The quantitative estimate of drug-likeness (QED) is 0.545. The third-order valence-electron chi connectivity index (χ3n) is 6.13. The molecule has 3 aromatic rings. The minimum Gasteiger partial charge on any atom is -0.457 e. The first kappa shape index (κ1) is 22.9. The second-order valence-corrected chi connectivity index (χ2v) is 9.32. The van der Waals surface area contributed by atoms with E-state index >= 15 is 0 Å². The highest BCUT2D eigenvalue weighted by Gasteiger charge is 2.36. The third-order valence-corrected chi connectivity index (χ3v) is 6.13. The lowest BCUT2D eigenvalue weighted by atomic mass is 9.80. The van der Waals surface area contributed by atoms with Crippen molar-refractivity contribution in [3.05, 3.63) is 83.4 Å². The zero-order valence-electron chi connectivity index (χ0n) is 19.9. The van der Waals surface area contributed by atoms with Gasteiger partial charge in [-0.3, -0.25) is 9.69 Å². The number of carbonyl (C=O) groups excluding carboxylic acids is 1. The number of likely N-dealkylation sites (tertiary alicyclic amines) is 1. The van der Waals surface area contributed by atoms with Gasteiger partial charge in [-0.05, 0) is 50.6 Å². The maximum Gasteiger partial charge on any atom is 0.272 e. The second kappa shape index (κ2) is 9.71. The van der Waals surface area contributed by atoms with Crippen LogP contribution >= 0.6 is 0 Å². The van der Waals surface area contributed by atoms with Gasteiger partial charge in [-0.25, -0.2) is 9.97 Å². The summed E-state index contributed by atoms with van der Waals surface area (Å²) in [7, 11) is 3.50. The van der Waals surface area contributed by atoms with Crippen molar-refractivity contribution in [2.45, 2.75) is 38.6 Å². The monoisotopic (exact) mass is 444 g/mol. The molecular weight excluding hydrogens is 412 g/mol. The third kappa shape index (κ3) is 5.40. The van der Waals surface area contributed by atoms with Gasteiger partial charge in [0.15, 0.2) is 0 Å². The van der Waals surface area contributed by atoms with Gasteiger partial charge in [-0.15, -0.1) is 0 Å². The van der Waals surface area contributed by atoms with Crippen LogP contribution in [-0.2, 0) is 12.0 Å². The molecule has 1 amide bonds. The van der Waals surface area contributed by atoms with Gasteiger partial charge in [-0.2, -0.15) is 0 Å². The van der Waals surface area contributed by atoms with Crippen LogP contribution in [0.1, 0.15) is 47.3 Å². The number of nitrogens with zero attached hydrogens (tertiary/aromatic N) is 4. The lowest BCUT2D eigenvalue weighted by molar-refractivity contribution is 0.0820. The summed E-state index contributed by atoms with van der Waals surface area (Å²) in [4.78, 5) is 26.0. The van der Waals surface area contributed by atoms with E-state index in [1.54, 1.807) is 25.1 Å². The molecule has 172 valence electrons. The van der Waals surface area contributed by atoms with Gasteiger partial charge in [0.1, 0.15) is 23.0 Å². The van der Waals surface area contributed by atoms with Crippen molar-refractivity contribution in [1.82, 2.24) is 19.8 Å². The molecule has 6 nitrogen and oxygen atoms in total. The fourth-order valence-corrected chi connectivity index (χ4v) is 4.43. The average Bonchev–Trinajstić information content (AvgIpc) is 2.80. The van der Waals surface area contributed by atoms with Crippen LogP contribution in [0.3, 0.4) is 0 Å². The van der Waals surface area contributed by atoms with E-state index in [4.69, 9.17) is 14.7 Å². The lowest BCUT2D eigenvalue weighted by Crippen LogP contribution is -2.45. The lowest BCUT2D eigenvalue weighted by Gasteiger charge is -2.39. The van der Waals surface area contributed by atoms with Gasteiger partial charge in [0.2, 0.25) is 0 Å². The molecule has 6 heteroatoms. The maximum absolute atomic E-state index is 12.5. The number of ether oxygens (including phenoxy) is 1. The van der Waals surface area contributed by atoms with E-state index in [9.17, 15) is 4.79 Å². The highest BCUT2D eigenvalue weighted by Crippen LogP contribution is 2.34. The SMILES string of the molecule is Cc1cc(C(=O)N(C)C)nc(C2(C)CCCN(Cc3ccccc3Oc3ccccc3)C2)n1. The Labute approximate surface area is 196 Å². The van der Waals surface area contributed by atoms with Crippen molar-refractivity contribution in [3.63, 3.8) is 0 Å². The van der Waals surface area contributed by atoms with Gasteiger partial charge in [-0.1, -0.05) is 43.3 Å². The molecule has 1 aliphatic heterocycles. The zero-order valence-corrected chi connectivity index (χ0v) is 19.9. The second-order valence-electron chi connectivity index (χ2n) is 9.32. The minimum atomic E-state index is -0.221.